The fraction of sp³-hybridized carbons (Fsp3) is 0.433. The Kier molecular flexibility index (Phi) is 6.90. The van der Waals surface area contributed by atoms with Crippen molar-refractivity contribution >= 4 is 46.0 Å². The average molecular weight is 535 g/mol. The summed E-state index contributed by atoms with van der Waals surface area (Å²) < 4.78 is 4.15. The van der Waals surface area contributed by atoms with Gasteiger partial charge in [0.1, 0.15) is 12.6 Å². The minimum atomic E-state index is -0.836. The minimum absolute atomic E-state index is 0.0676. The van der Waals surface area contributed by atoms with E-state index >= 15 is 0 Å². The summed E-state index contributed by atoms with van der Waals surface area (Å²) in [6.07, 6.45) is 4.50. The Morgan fingerprint density at radius 1 is 1.21 bits per heavy atom. The van der Waals surface area contributed by atoms with Gasteiger partial charge in [0.25, 0.3) is 5.91 Å². The fourth-order valence-electron chi connectivity index (χ4n) is 6.74. The van der Waals surface area contributed by atoms with Gasteiger partial charge in [0.2, 0.25) is 5.91 Å². The van der Waals surface area contributed by atoms with Crippen molar-refractivity contribution in [2.45, 2.75) is 48.3 Å². The summed E-state index contributed by atoms with van der Waals surface area (Å²) in [5.41, 5.74) is 0.711. The maximum Gasteiger partial charge on any atom is 0.311 e. The van der Waals surface area contributed by atoms with Gasteiger partial charge in [-0.2, -0.15) is 0 Å². The zero-order chi connectivity index (χ0) is 27.2. The Labute approximate surface area is 227 Å². The molecule has 38 heavy (non-hydrogen) atoms. The third kappa shape index (κ3) is 3.88. The molecule has 2 amide bonds. The number of likely N-dealkylation sites (tertiary alicyclic amines) is 1. The number of fused-ring (bicyclic) bond motifs is 2. The average Bonchev–Trinajstić information content (AvgIpc) is 3.50. The van der Waals surface area contributed by atoms with E-state index in [2.05, 4.69) is 13.2 Å². The fourth-order valence-corrected chi connectivity index (χ4v) is 9.06. The molecule has 0 aromatic heterocycles. The minimum Gasteiger partial charge on any atom is -0.461 e. The predicted octanol–water partition coefficient (Wildman–Crippen LogP) is 3.95. The van der Waals surface area contributed by atoms with Crippen molar-refractivity contribution in [1.29, 1.82) is 0 Å². The second kappa shape index (κ2) is 9.89. The highest BCUT2D eigenvalue weighted by molar-refractivity contribution is 8.02. The van der Waals surface area contributed by atoms with E-state index in [1.165, 1.54) is 11.0 Å². The number of hydrogen-bond acceptors (Lipinski definition) is 6. The first-order valence-electron chi connectivity index (χ1n) is 13.0. The molecule has 2 unspecified atom stereocenters. The van der Waals surface area contributed by atoms with E-state index in [-0.39, 0.29) is 31.6 Å². The summed E-state index contributed by atoms with van der Waals surface area (Å²) in [6.45, 7) is 11.3. The molecule has 7 nitrogen and oxygen atoms in total. The number of aliphatic hydroxyl groups is 1. The number of carbonyl (C=O) groups excluding carboxylic acids is 3. The Morgan fingerprint density at radius 3 is 2.63 bits per heavy atom. The number of ether oxygens (including phenoxy) is 1. The van der Waals surface area contributed by atoms with Crippen LogP contribution in [-0.4, -0.2) is 69.1 Å². The van der Waals surface area contributed by atoms with Crippen LogP contribution in [0.3, 0.4) is 0 Å². The van der Waals surface area contributed by atoms with Crippen LogP contribution in [0.15, 0.2) is 67.8 Å². The molecule has 0 aliphatic carbocycles. The molecule has 3 saturated heterocycles. The Morgan fingerprint density at radius 2 is 1.95 bits per heavy atom. The largest absolute Gasteiger partial charge is 0.461 e. The van der Waals surface area contributed by atoms with Crippen molar-refractivity contribution in [3.63, 3.8) is 0 Å². The smallest absolute Gasteiger partial charge is 0.311 e. The lowest BCUT2D eigenvalue weighted by atomic mass is 9.66. The van der Waals surface area contributed by atoms with E-state index in [1.54, 1.807) is 29.7 Å². The number of rotatable bonds is 9. The lowest BCUT2D eigenvalue weighted by molar-refractivity contribution is -0.155. The van der Waals surface area contributed by atoms with Crippen molar-refractivity contribution in [3.8, 4) is 0 Å². The van der Waals surface area contributed by atoms with Crippen LogP contribution >= 0.6 is 11.8 Å². The van der Waals surface area contributed by atoms with Crippen LogP contribution in [0, 0.1) is 11.8 Å². The number of nitrogens with zero attached hydrogens (tertiary/aromatic N) is 2. The van der Waals surface area contributed by atoms with E-state index in [9.17, 15) is 19.5 Å². The molecule has 0 radical (unpaired) electrons. The normalized spacial score (nSPS) is 30.2. The quantitative estimate of drug-likeness (QED) is 0.387. The van der Waals surface area contributed by atoms with E-state index < -0.39 is 39.4 Å². The maximum atomic E-state index is 14.6. The standard InChI is InChI=1S/C30H34N2O5S/c1-5-15-31(22-12-11-20-9-7-8-10-21(20)17-22)27(35)25-30-14-13-29(4,38-30)24(28(36)37-16-6-2)23(30)26(34)32(25)19(3)18-33/h5-12,17,19,23-25,33H,1-2,13-16,18H2,3-4H3/t19-,23+,24+,25?,29-,30?/m1/s1. The van der Waals surface area contributed by atoms with Crippen LogP contribution in [0.5, 0.6) is 0 Å². The lowest BCUT2D eigenvalue weighted by Crippen LogP contribution is -2.57. The van der Waals surface area contributed by atoms with Crippen LogP contribution in [0.25, 0.3) is 10.8 Å². The SMILES string of the molecule is C=CCOC(=O)[C@@H]1[C@H]2C(=O)N([C@H](C)CO)C(C(=O)N(CC=C)c3ccc4ccccc4c3)C23CC[C@@]1(C)S3. The predicted molar refractivity (Wildman–Crippen MR) is 150 cm³/mol. The van der Waals surface area contributed by atoms with Crippen molar-refractivity contribution < 1.29 is 24.2 Å². The van der Waals surface area contributed by atoms with Crippen LogP contribution in [0.1, 0.15) is 26.7 Å². The van der Waals surface area contributed by atoms with Crippen molar-refractivity contribution in [3.05, 3.63) is 67.8 Å². The first-order chi connectivity index (χ1) is 18.2. The molecular formula is C30H34N2O5S. The molecule has 3 aliphatic rings. The number of carbonyl (C=O) groups is 3. The van der Waals surface area contributed by atoms with E-state index in [0.717, 1.165) is 10.8 Å². The molecule has 5 rings (SSSR count). The van der Waals surface area contributed by atoms with Crippen LogP contribution < -0.4 is 4.90 Å². The van der Waals surface area contributed by atoms with Gasteiger partial charge < -0.3 is 19.6 Å². The highest BCUT2D eigenvalue weighted by Gasteiger charge is 2.78. The molecule has 3 heterocycles. The lowest BCUT2D eigenvalue weighted by Gasteiger charge is -2.38. The summed E-state index contributed by atoms with van der Waals surface area (Å²) in [7, 11) is 0. The number of hydrogen-bond donors (Lipinski definition) is 1. The Hall–Kier alpha value is -3.10. The van der Waals surface area contributed by atoms with E-state index in [1.807, 2.05) is 49.4 Å². The van der Waals surface area contributed by atoms with Gasteiger partial charge in [0, 0.05) is 17.0 Å². The molecule has 6 atom stereocenters. The number of thioether (sulfide) groups is 1. The van der Waals surface area contributed by atoms with Crippen LogP contribution in [0.4, 0.5) is 5.69 Å². The van der Waals surface area contributed by atoms with Gasteiger partial charge in [-0.05, 0) is 49.6 Å². The van der Waals surface area contributed by atoms with Crippen LogP contribution in [-0.2, 0) is 19.1 Å². The maximum absolute atomic E-state index is 14.6. The van der Waals surface area contributed by atoms with E-state index in [0.29, 0.717) is 18.5 Å². The second-order valence-electron chi connectivity index (χ2n) is 10.7. The summed E-state index contributed by atoms with van der Waals surface area (Å²) in [4.78, 5) is 45.2. The number of benzene rings is 2. The van der Waals surface area contributed by atoms with Gasteiger partial charge in [-0.25, -0.2) is 0 Å². The summed E-state index contributed by atoms with van der Waals surface area (Å²) in [6, 6.07) is 12.4. The molecule has 200 valence electrons. The van der Waals surface area contributed by atoms with Gasteiger partial charge in [-0.1, -0.05) is 49.1 Å². The highest BCUT2D eigenvalue weighted by atomic mass is 32.2. The second-order valence-corrected chi connectivity index (χ2v) is 12.6. The third-order valence-corrected chi connectivity index (χ3v) is 10.4. The molecule has 2 aromatic carbocycles. The Bertz CT molecular complexity index is 1310. The summed E-state index contributed by atoms with van der Waals surface area (Å²) in [5, 5.41) is 12.2. The molecule has 2 bridgehead atoms. The molecule has 0 saturated carbocycles. The first kappa shape index (κ1) is 26.5. The van der Waals surface area contributed by atoms with Crippen molar-refractivity contribution in [1.82, 2.24) is 4.90 Å². The number of esters is 1. The molecule has 8 heteroatoms. The topological polar surface area (TPSA) is 87.1 Å². The number of amides is 2. The molecule has 1 N–H and O–H groups in total. The Balaban J connectivity index is 1.60. The van der Waals surface area contributed by atoms with Gasteiger partial charge in [-0.15, -0.1) is 18.3 Å². The molecule has 2 aromatic rings. The molecule has 3 aliphatic heterocycles. The summed E-state index contributed by atoms with van der Waals surface area (Å²) in [5.74, 6) is -2.30. The van der Waals surface area contributed by atoms with Crippen molar-refractivity contribution in [2.24, 2.45) is 11.8 Å². The van der Waals surface area contributed by atoms with Crippen LogP contribution in [0.2, 0.25) is 0 Å². The first-order valence-corrected chi connectivity index (χ1v) is 13.9. The van der Waals surface area contributed by atoms with E-state index in [4.69, 9.17) is 4.74 Å². The number of anilines is 1. The zero-order valence-corrected chi connectivity index (χ0v) is 22.7. The van der Waals surface area contributed by atoms with Gasteiger partial charge in [-0.3, -0.25) is 14.4 Å². The van der Waals surface area contributed by atoms with Gasteiger partial charge in [0.15, 0.2) is 0 Å². The summed E-state index contributed by atoms with van der Waals surface area (Å²) >= 11 is 1.58. The molecular weight excluding hydrogens is 500 g/mol. The monoisotopic (exact) mass is 534 g/mol. The third-order valence-electron chi connectivity index (χ3n) is 8.41. The van der Waals surface area contributed by atoms with Crippen molar-refractivity contribution in [2.75, 3.05) is 24.7 Å². The molecule has 3 fully saturated rings. The molecule has 1 spiro atoms. The number of aliphatic hydroxyl groups excluding tert-OH is 1. The van der Waals surface area contributed by atoms with Gasteiger partial charge >= 0.3 is 5.97 Å². The van der Waals surface area contributed by atoms with Gasteiger partial charge in [0.05, 0.1) is 29.2 Å². The highest BCUT2D eigenvalue weighted by Crippen LogP contribution is 2.71. The zero-order valence-electron chi connectivity index (χ0n) is 21.8.